The molecule has 0 saturated heterocycles. The molecule has 0 bridgehead atoms. The quantitative estimate of drug-likeness (QED) is 0.847. The molecule has 2 aromatic rings. The number of benzene rings is 2. The highest BCUT2D eigenvalue weighted by atomic mass is 16.5. The summed E-state index contributed by atoms with van der Waals surface area (Å²) >= 11 is 0. The van der Waals surface area contributed by atoms with Gasteiger partial charge in [-0.3, -0.25) is 4.79 Å². The molecule has 0 saturated carbocycles. The Labute approximate surface area is 124 Å². The van der Waals surface area contributed by atoms with Gasteiger partial charge in [-0.05, 0) is 42.5 Å². The molecule has 0 spiro atoms. The number of nitrogen functional groups attached to an aromatic ring is 1. The number of hydrogen-bond acceptors (Lipinski definition) is 4. The van der Waals surface area contributed by atoms with Crippen molar-refractivity contribution in [3.05, 3.63) is 48.0 Å². The fourth-order valence-electron chi connectivity index (χ4n) is 1.94. The number of carbonyl (C=O) groups excluding carboxylic acids is 1. The van der Waals surface area contributed by atoms with Gasteiger partial charge in [-0.1, -0.05) is 0 Å². The smallest absolute Gasteiger partial charge is 0.259 e. The van der Waals surface area contributed by atoms with E-state index in [-0.39, 0.29) is 5.91 Å². The molecule has 0 aromatic heterocycles. The van der Waals surface area contributed by atoms with Crippen LogP contribution in [0.5, 0.6) is 5.75 Å². The highest BCUT2D eigenvalue weighted by Gasteiger charge is 2.13. The zero-order valence-electron chi connectivity index (χ0n) is 12.4. The van der Waals surface area contributed by atoms with Crippen LogP contribution in [-0.4, -0.2) is 27.1 Å². The lowest BCUT2D eigenvalue weighted by atomic mass is 10.1. The third-order valence-electron chi connectivity index (χ3n) is 3.11. The molecule has 0 fully saturated rings. The predicted molar refractivity (Wildman–Crippen MR) is 86.1 cm³/mol. The number of nitrogens with zero attached hydrogens (tertiary/aromatic N) is 1. The van der Waals surface area contributed by atoms with Crippen molar-refractivity contribution in [1.82, 2.24) is 0 Å². The first kappa shape index (κ1) is 14.7. The van der Waals surface area contributed by atoms with Crippen molar-refractivity contribution in [3.63, 3.8) is 0 Å². The van der Waals surface area contributed by atoms with Gasteiger partial charge < -0.3 is 20.7 Å². The van der Waals surface area contributed by atoms with Gasteiger partial charge in [0.2, 0.25) is 0 Å². The third-order valence-corrected chi connectivity index (χ3v) is 3.11. The van der Waals surface area contributed by atoms with Crippen LogP contribution in [0.3, 0.4) is 0 Å². The molecule has 0 aliphatic heterocycles. The second-order valence-electron chi connectivity index (χ2n) is 4.86. The predicted octanol–water partition coefficient (Wildman–Crippen LogP) is 2.60. The van der Waals surface area contributed by atoms with E-state index in [1.807, 2.05) is 43.3 Å². The van der Waals surface area contributed by atoms with Crippen LogP contribution in [0, 0.1) is 0 Å². The van der Waals surface area contributed by atoms with E-state index < -0.39 is 0 Å². The lowest BCUT2D eigenvalue weighted by Crippen LogP contribution is -2.14. The minimum absolute atomic E-state index is 0.253. The van der Waals surface area contributed by atoms with Crippen molar-refractivity contribution >= 4 is 23.0 Å². The second kappa shape index (κ2) is 6.17. The summed E-state index contributed by atoms with van der Waals surface area (Å²) in [5, 5.41) is 2.83. The van der Waals surface area contributed by atoms with Crippen LogP contribution in [0.25, 0.3) is 0 Å². The molecule has 0 radical (unpaired) electrons. The summed E-state index contributed by atoms with van der Waals surface area (Å²) < 4.78 is 5.19. The fraction of sp³-hybridized carbons (Fsp3) is 0.188. The lowest BCUT2D eigenvalue weighted by Gasteiger charge is -2.13. The highest BCUT2D eigenvalue weighted by Crippen LogP contribution is 2.23. The number of hydrogen-bond donors (Lipinski definition) is 2. The number of carbonyl (C=O) groups is 1. The van der Waals surface area contributed by atoms with Gasteiger partial charge in [0.1, 0.15) is 5.75 Å². The molecule has 5 nitrogen and oxygen atoms in total. The molecule has 0 aliphatic rings. The van der Waals surface area contributed by atoms with Crippen molar-refractivity contribution in [3.8, 4) is 5.75 Å². The molecule has 0 atom stereocenters. The summed E-state index contributed by atoms with van der Waals surface area (Å²) in [5.41, 5.74) is 8.44. The van der Waals surface area contributed by atoms with Gasteiger partial charge in [-0.2, -0.15) is 0 Å². The fourth-order valence-corrected chi connectivity index (χ4v) is 1.94. The van der Waals surface area contributed by atoms with E-state index in [4.69, 9.17) is 10.5 Å². The highest BCUT2D eigenvalue weighted by molar-refractivity contribution is 6.06. The largest absolute Gasteiger partial charge is 0.496 e. The molecule has 0 heterocycles. The average Bonchev–Trinajstić information content (AvgIpc) is 2.47. The molecule has 1 amide bonds. The monoisotopic (exact) mass is 285 g/mol. The normalized spacial score (nSPS) is 10.0. The van der Waals surface area contributed by atoms with Gasteiger partial charge in [0, 0.05) is 31.2 Å². The number of nitrogens with one attached hydrogen (secondary N) is 1. The van der Waals surface area contributed by atoms with E-state index >= 15 is 0 Å². The molecule has 0 aliphatic carbocycles. The molecule has 2 aromatic carbocycles. The summed E-state index contributed by atoms with van der Waals surface area (Å²) in [6.07, 6.45) is 0. The van der Waals surface area contributed by atoms with Crippen molar-refractivity contribution < 1.29 is 9.53 Å². The van der Waals surface area contributed by atoms with Crippen LogP contribution in [0.1, 0.15) is 10.4 Å². The Kier molecular flexibility index (Phi) is 4.33. The zero-order chi connectivity index (χ0) is 15.4. The van der Waals surface area contributed by atoms with Crippen LogP contribution < -0.4 is 20.7 Å². The van der Waals surface area contributed by atoms with Gasteiger partial charge in [-0.15, -0.1) is 0 Å². The molecule has 110 valence electrons. The second-order valence-corrected chi connectivity index (χ2v) is 4.86. The van der Waals surface area contributed by atoms with Gasteiger partial charge in [-0.25, -0.2) is 0 Å². The van der Waals surface area contributed by atoms with E-state index in [1.165, 1.54) is 7.11 Å². The molecule has 0 unspecified atom stereocenters. The Hall–Kier alpha value is -2.69. The Morgan fingerprint density at radius 2 is 1.81 bits per heavy atom. The van der Waals surface area contributed by atoms with Crippen molar-refractivity contribution in [2.24, 2.45) is 0 Å². The third kappa shape index (κ3) is 3.45. The van der Waals surface area contributed by atoms with E-state index in [1.54, 1.807) is 18.2 Å². The molecule has 3 N–H and O–H groups in total. The van der Waals surface area contributed by atoms with Crippen LogP contribution >= 0.6 is 0 Å². The van der Waals surface area contributed by atoms with Crippen molar-refractivity contribution in [2.75, 3.05) is 37.2 Å². The lowest BCUT2D eigenvalue weighted by molar-refractivity contribution is 0.102. The Balaban J connectivity index is 2.19. The Morgan fingerprint density at radius 3 is 2.38 bits per heavy atom. The van der Waals surface area contributed by atoms with Gasteiger partial charge in [0.15, 0.2) is 0 Å². The number of amides is 1. The molecule has 2 rings (SSSR count). The van der Waals surface area contributed by atoms with E-state index in [0.29, 0.717) is 17.0 Å². The molecular formula is C16H19N3O2. The first-order valence-corrected chi connectivity index (χ1v) is 6.53. The van der Waals surface area contributed by atoms with E-state index in [0.717, 1.165) is 11.4 Å². The number of nitrogens with two attached hydrogens (primary N) is 1. The van der Waals surface area contributed by atoms with Crippen LogP contribution in [-0.2, 0) is 0 Å². The minimum Gasteiger partial charge on any atom is -0.496 e. The SMILES string of the molecule is COc1ccc(N)cc1C(=O)Nc1ccc(N(C)C)cc1. The van der Waals surface area contributed by atoms with E-state index in [9.17, 15) is 4.79 Å². The standard InChI is InChI=1S/C16H19N3O2/c1-19(2)13-7-5-12(6-8-13)18-16(20)14-10-11(17)4-9-15(14)21-3/h4-10H,17H2,1-3H3,(H,18,20). The van der Waals surface area contributed by atoms with Crippen LogP contribution in [0.2, 0.25) is 0 Å². The maximum Gasteiger partial charge on any atom is 0.259 e. The van der Waals surface area contributed by atoms with E-state index in [2.05, 4.69) is 5.32 Å². The first-order chi connectivity index (χ1) is 10.0. The molecule has 21 heavy (non-hydrogen) atoms. The first-order valence-electron chi connectivity index (χ1n) is 6.53. The van der Waals surface area contributed by atoms with Crippen LogP contribution in [0.4, 0.5) is 17.1 Å². The maximum absolute atomic E-state index is 12.3. The van der Waals surface area contributed by atoms with Crippen molar-refractivity contribution in [2.45, 2.75) is 0 Å². The van der Waals surface area contributed by atoms with Crippen LogP contribution in [0.15, 0.2) is 42.5 Å². The summed E-state index contributed by atoms with van der Waals surface area (Å²) in [5.74, 6) is 0.239. The zero-order valence-corrected chi connectivity index (χ0v) is 12.4. The average molecular weight is 285 g/mol. The number of rotatable bonds is 4. The molecule has 5 heteroatoms. The summed E-state index contributed by atoms with van der Waals surface area (Å²) in [6, 6.07) is 12.6. The molecular weight excluding hydrogens is 266 g/mol. The maximum atomic E-state index is 12.3. The number of ether oxygens (including phenoxy) is 1. The minimum atomic E-state index is -0.253. The topological polar surface area (TPSA) is 67.6 Å². The number of anilines is 3. The summed E-state index contributed by atoms with van der Waals surface area (Å²) in [7, 11) is 5.45. The summed E-state index contributed by atoms with van der Waals surface area (Å²) in [6.45, 7) is 0. The van der Waals surface area contributed by atoms with Gasteiger partial charge in [0.05, 0.1) is 12.7 Å². The Morgan fingerprint density at radius 1 is 1.14 bits per heavy atom. The number of methoxy groups -OCH3 is 1. The Bertz CT molecular complexity index is 636. The van der Waals surface area contributed by atoms with Crippen molar-refractivity contribution in [1.29, 1.82) is 0 Å². The summed E-state index contributed by atoms with van der Waals surface area (Å²) in [4.78, 5) is 14.3. The van der Waals surface area contributed by atoms with Gasteiger partial charge >= 0.3 is 0 Å². The van der Waals surface area contributed by atoms with Gasteiger partial charge in [0.25, 0.3) is 5.91 Å².